The Morgan fingerprint density at radius 3 is 2.45 bits per heavy atom. The van der Waals surface area contributed by atoms with Crippen molar-refractivity contribution >= 4 is 47.1 Å². The van der Waals surface area contributed by atoms with Gasteiger partial charge in [0, 0.05) is 16.5 Å². The zero-order valence-electron chi connectivity index (χ0n) is 10.2. The number of hydrogen-bond acceptors (Lipinski definition) is 5. The van der Waals surface area contributed by atoms with E-state index in [1.807, 2.05) is 0 Å². The van der Waals surface area contributed by atoms with Crippen LogP contribution in [-0.4, -0.2) is 23.2 Å². The first-order valence-corrected chi connectivity index (χ1v) is 7.35. The number of anilines is 1. The van der Waals surface area contributed by atoms with Crippen LogP contribution in [0.3, 0.4) is 0 Å². The third kappa shape index (κ3) is 1.88. The molecule has 1 aromatic heterocycles. The Morgan fingerprint density at radius 1 is 1.15 bits per heavy atom. The summed E-state index contributed by atoms with van der Waals surface area (Å²) >= 11 is 5.05. The van der Waals surface area contributed by atoms with Gasteiger partial charge < -0.3 is 5.32 Å². The van der Waals surface area contributed by atoms with E-state index in [1.54, 1.807) is 29.6 Å². The quantitative estimate of drug-likeness (QED) is 0.715. The van der Waals surface area contributed by atoms with Gasteiger partial charge in [0.25, 0.3) is 0 Å². The second-order valence-corrected chi connectivity index (χ2v) is 5.46. The van der Waals surface area contributed by atoms with Crippen LogP contribution in [0.5, 0.6) is 0 Å². The van der Waals surface area contributed by atoms with Gasteiger partial charge in [0.05, 0.1) is 21.9 Å². The van der Waals surface area contributed by atoms with Crippen LogP contribution in [0, 0.1) is 0 Å². The second-order valence-electron chi connectivity index (χ2n) is 4.26. The molecule has 1 heterocycles. The molecule has 6 heteroatoms. The fourth-order valence-corrected chi connectivity index (χ4v) is 3.20. The van der Waals surface area contributed by atoms with Gasteiger partial charge in [-0.05, 0) is 0 Å². The molecule has 0 atom stereocenters. The van der Waals surface area contributed by atoms with Crippen LogP contribution >= 0.6 is 24.0 Å². The predicted octanol–water partition coefficient (Wildman–Crippen LogP) is 2.39. The second kappa shape index (κ2) is 4.88. The average molecular weight is 303 g/mol. The van der Waals surface area contributed by atoms with E-state index in [-0.39, 0.29) is 28.8 Å². The average Bonchev–Trinajstić information content (AvgIpc) is 2.88. The molecule has 0 radical (unpaired) electrons. The van der Waals surface area contributed by atoms with E-state index >= 15 is 0 Å². The van der Waals surface area contributed by atoms with E-state index in [1.165, 1.54) is 11.3 Å². The molecular weight excluding hydrogens is 294 g/mol. The van der Waals surface area contributed by atoms with Crippen molar-refractivity contribution in [3.05, 3.63) is 51.2 Å². The lowest BCUT2D eigenvalue weighted by molar-refractivity contribution is -0.113. The fraction of sp³-hybridized carbons (Fsp3) is 0.0714. The van der Waals surface area contributed by atoms with E-state index in [9.17, 15) is 14.4 Å². The number of rotatable bonds is 2. The van der Waals surface area contributed by atoms with Crippen molar-refractivity contribution in [3.8, 4) is 0 Å². The van der Waals surface area contributed by atoms with Crippen molar-refractivity contribution in [1.29, 1.82) is 0 Å². The first-order chi connectivity index (χ1) is 9.63. The van der Waals surface area contributed by atoms with Gasteiger partial charge in [-0.2, -0.15) is 12.6 Å². The minimum absolute atomic E-state index is 0.0172. The lowest BCUT2D eigenvalue weighted by atomic mass is 9.88. The van der Waals surface area contributed by atoms with Crippen LogP contribution in [0.1, 0.15) is 31.2 Å². The van der Waals surface area contributed by atoms with Gasteiger partial charge in [0.2, 0.25) is 11.7 Å². The molecule has 0 fully saturated rings. The number of thiophene rings is 1. The molecule has 0 bridgehead atoms. The van der Waals surface area contributed by atoms with E-state index in [2.05, 4.69) is 17.9 Å². The molecule has 1 aliphatic carbocycles. The number of carbonyl (C=O) groups is 3. The summed E-state index contributed by atoms with van der Waals surface area (Å²) in [5.41, 5.74) is 1.47. The third-order valence-corrected chi connectivity index (χ3v) is 4.32. The van der Waals surface area contributed by atoms with E-state index in [0.29, 0.717) is 21.7 Å². The number of carbonyl (C=O) groups excluding carboxylic acids is 3. The first kappa shape index (κ1) is 13.1. The molecular formula is C14H9NO3S2. The van der Waals surface area contributed by atoms with Crippen LogP contribution in [0.15, 0.2) is 29.6 Å². The van der Waals surface area contributed by atoms with E-state index in [0.717, 1.165) is 0 Å². The Labute approximate surface area is 124 Å². The highest BCUT2D eigenvalue weighted by Gasteiger charge is 2.33. The van der Waals surface area contributed by atoms with Gasteiger partial charge in [0.1, 0.15) is 0 Å². The van der Waals surface area contributed by atoms with Crippen molar-refractivity contribution in [2.75, 3.05) is 11.1 Å². The molecule has 0 unspecified atom stereocenters. The monoisotopic (exact) mass is 303 g/mol. The number of nitrogens with one attached hydrogen (secondary N) is 1. The van der Waals surface area contributed by atoms with Crippen LogP contribution in [0.2, 0.25) is 0 Å². The topological polar surface area (TPSA) is 63.2 Å². The normalized spacial score (nSPS) is 12.8. The van der Waals surface area contributed by atoms with Gasteiger partial charge >= 0.3 is 0 Å². The maximum atomic E-state index is 12.5. The summed E-state index contributed by atoms with van der Waals surface area (Å²) < 4.78 is 0. The van der Waals surface area contributed by atoms with Gasteiger partial charge in [-0.25, -0.2) is 0 Å². The summed E-state index contributed by atoms with van der Waals surface area (Å²) in [4.78, 5) is 36.6. The third-order valence-electron chi connectivity index (χ3n) is 3.06. The number of amides is 1. The zero-order valence-corrected chi connectivity index (χ0v) is 11.9. The maximum Gasteiger partial charge on any atom is 0.234 e. The van der Waals surface area contributed by atoms with Crippen LogP contribution in [0.4, 0.5) is 5.69 Å². The van der Waals surface area contributed by atoms with Crippen molar-refractivity contribution < 1.29 is 14.4 Å². The zero-order chi connectivity index (χ0) is 14.3. The highest BCUT2D eigenvalue weighted by Crippen LogP contribution is 2.36. The summed E-state index contributed by atoms with van der Waals surface area (Å²) in [6.07, 6.45) is 0. The summed E-state index contributed by atoms with van der Waals surface area (Å²) in [7, 11) is 0. The summed E-state index contributed by atoms with van der Waals surface area (Å²) in [6.45, 7) is 0. The largest absolute Gasteiger partial charge is 0.324 e. The van der Waals surface area contributed by atoms with E-state index < -0.39 is 0 Å². The number of benzene rings is 1. The molecule has 1 aromatic carbocycles. The Balaban J connectivity index is 2.13. The lowest BCUT2D eigenvalue weighted by Gasteiger charge is -2.15. The van der Waals surface area contributed by atoms with Crippen molar-refractivity contribution in [1.82, 2.24) is 0 Å². The van der Waals surface area contributed by atoms with Gasteiger partial charge in [0.15, 0.2) is 5.78 Å². The molecule has 100 valence electrons. The van der Waals surface area contributed by atoms with Crippen LogP contribution in [-0.2, 0) is 4.79 Å². The van der Waals surface area contributed by atoms with E-state index in [4.69, 9.17) is 0 Å². The first-order valence-electron chi connectivity index (χ1n) is 5.84. The Kier molecular flexibility index (Phi) is 3.19. The van der Waals surface area contributed by atoms with Crippen molar-refractivity contribution in [3.63, 3.8) is 0 Å². The van der Waals surface area contributed by atoms with Gasteiger partial charge in [-0.15, -0.1) is 11.3 Å². The SMILES string of the molecule is O=C(CS)Nc1csc2c1C(=O)c1ccccc1C2=O. The molecule has 3 rings (SSSR count). The molecule has 20 heavy (non-hydrogen) atoms. The Morgan fingerprint density at radius 2 is 1.80 bits per heavy atom. The van der Waals surface area contributed by atoms with Crippen molar-refractivity contribution in [2.24, 2.45) is 0 Å². The standard InChI is InChI=1S/C14H9NO3S2/c16-10(5-19)15-9-6-20-14-11(9)12(17)7-3-1-2-4-8(7)13(14)18/h1-4,6,19H,5H2,(H,15,16). The van der Waals surface area contributed by atoms with Crippen LogP contribution in [0.25, 0.3) is 0 Å². The highest BCUT2D eigenvalue weighted by atomic mass is 32.1. The Bertz CT molecular complexity index is 749. The lowest BCUT2D eigenvalue weighted by Crippen LogP contribution is -2.21. The minimum atomic E-state index is -0.312. The predicted molar refractivity (Wildman–Crippen MR) is 80.1 cm³/mol. The van der Waals surface area contributed by atoms with Gasteiger partial charge in [-0.3, -0.25) is 14.4 Å². The summed E-state index contributed by atoms with van der Waals surface area (Å²) in [6, 6.07) is 6.71. The smallest absolute Gasteiger partial charge is 0.234 e. The molecule has 4 nitrogen and oxygen atoms in total. The Hall–Kier alpha value is -1.92. The summed E-state index contributed by atoms with van der Waals surface area (Å²) in [5.74, 6) is -0.700. The maximum absolute atomic E-state index is 12.5. The number of hydrogen-bond donors (Lipinski definition) is 2. The number of fused-ring (bicyclic) bond motifs is 2. The molecule has 2 aromatic rings. The van der Waals surface area contributed by atoms with Gasteiger partial charge in [-0.1, -0.05) is 24.3 Å². The summed E-state index contributed by atoms with van der Waals surface area (Å²) in [5, 5.41) is 4.22. The number of thiol groups is 1. The molecule has 0 aliphatic heterocycles. The van der Waals surface area contributed by atoms with Crippen molar-refractivity contribution in [2.45, 2.75) is 0 Å². The molecule has 0 spiro atoms. The molecule has 0 saturated heterocycles. The number of ketones is 2. The fourth-order valence-electron chi connectivity index (χ4n) is 2.17. The highest BCUT2D eigenvalue weighted by molar-refractivity contribution is 7.81. The molecule has 0 saturated carbocycles. The van der Waals surface area contributed by atoms with Crippen LogP contribution < -0.4 is 5.32 Å². The molecule has 1 N–H and O–H groups in total. The molecule has 1 aliphatic rings. The minimum Gasteiger partial charge on any atom is -0.324 e. The molecule has 1 amide bonds.